The smallest absolute Gasteiger partial charge is 0.202 e. The average Bonchev–Trinajstić information content (AvgIpc) is 2.85. The van der Waals surface area contributed by atoms with Crippen LogP contribution in [0.15, 0.2) is 0 Å². The number of hydrogen-bond donors (Lipinski definition) is 1. The van der Waals surface area contributed by atoms with Crippen LogP contribution in [-0.4, -0.2) is 47.0 Å². The van der Waals surface area contributed by atoms with E-state index in [1.54, 1.807) is 0 Å². The summed E-state index contributed by atoms with van der Waals surface area (Å²) in [6, 6.07) is 0. The first-order valence-electron chi connectivity index (χ1n) is 6.60. The van der Waals surface area contributed by atoms with Crippen molar-refractivity contribution in [2.24, 2.45) is 5.92 Å². The summed E-state index contributed by atoms with van der Waals surface area (Å²) in [5.74, 6) is 1.43. The lowest BCUT2D eigenvalue weighted by Gasteiger charge is -2.30. The van der Waals surface area contributed by atoms with Crippen LogP contribution in [0.4, 0.5) is 5.13 Å². The Balaban J connectivity index is 1.92. The first-order valence-corrected chi connectivity index (χ1v) is 7.37. The van der Waals surface area contributed by atoms with Gasteiger partial charge in [-0.25, -0.2) is 4.98 Å². The highest BCUT2D eigenvalue weighted by atomic mass is 32.1. The van der Waals surface area contributed by atoms with Gasteiger partial charge in [-0.2, -0.15) is 4.37 Å². The van der Waals surface area contributed by atoms with E-state index in [1.807, 2.05) is 0 Å². The van der Waals surface area contributed by atoms with Gasteiger partial charge in [0, 0.05) is 31.2 Å². The molecule has 0 spiro atoms. The number of aromatic nitrogens is 2. The number of rotatable bonds is 5. The molecule has 1 aromatic heterocycles. The van der Waals surface area contributed by atoms with Gasteiger partial charge in [0.2, 0.25) is 5.13 Å². The Hall–Kier alpha value is -0.720. The van der Waals surface area contributed by atoms with Crippen molar-refractivity contribution in [2.45, 2.75) is 26.9 Å². The number of likely N-dealkylation sites (N-methyl/N-ethyl adjacent to an activating group) is 1. The van der Waals surface area contributed by atoms with E-state index in [9.17, 15) is 0 Å². The number of nitrogens with zero attached hydrogens (tertiary/aromatic N) is 3. The molecule has 102 valence electrons. The van der Waals surface area contributed by atoms with Gasteiger partial charge in [-0.15, -0.1) is 0 Å². The van der Waals surface area contributed by atoms with E-state index in [4.69, 9.17) is 4.74 Å². The maximum Gasteiger partial charge on any atom is 0.202 e. The quantitative estimate of drug-likeness (QED) is 0.887. The van der Waals surface area contributed by atoms with Crippen LogP contribution in [0.3, 0.4) is 0 Å². The van der Waals surface area contributed by atoms with Crippen molar-refractivity contribution in [1.29, 1.82) is 0 Å². The van der Waals surface area contributed by atoms with Gasteiger partial charge in [-0.1, -0.05) is 20.8 Å². The van der Waals surface area contributed by atoms with Gasteiger partial charge in [0.25, 0.3) is 0 Å². The maximum absolute atomic E-state index is 5.75. The molecule has 0 aromatic carbocycles. The summed E-state index contributed by atoms with van der Waals surface area (Å²) in [6.07, 6.45) is 0.0320. The number of nitrogens with one attached hydrogen (secondary N) is 1. The molecule has 5 nitrogen and oxygen atoms in total. The molecule has 18 heavy (non-hydrogen) atoms. The summed E-state index contributed by atoms with van der Waals surface area (Å²) in [5, 5.41) is 4.20. The zero-order chi connectivity index (χ0) is 13.0. The molecule has 0 saturated carbocycles. The lowest BCUT2D eigenvalue weighted by Crippen LogP contribution is -2.38. The number of ether oxygens (including phenoxy) is 1. The maximum atomic E-state index is 5.75. The minimum absolute atomic E-state index is 0.0320. The second-order valence-corrected chi connectivity index (χ2v) is 5.74. The highest BCUT2D eigenvalue weighted by molar-refractivity contribution is 7.09. The van der Waals surface area contributed by atoms with Gasteiger partial charge in [0.1, 0.15) is 6.10 Å². The number of anilines is 1. The molecule has 1 aliphatic rings. The Kier molecular flexibility index (Phi) is 4.91. The molecule has 1 unspecified atom stereocenters. The fourth-order valence-electron chi connectivity index (χ4n) is 1.87. The molecule has 1 saturated heterocycles. The topological polar surface area (TPSA) is 50.3 Å². The molecule has 0 bridgehead atoms. The van der Waals surface area contributed by atoms with Gasteiger partial charge in [0.05, 0.1) is 6.61 Å². The van der Waals surface area contributed by atoms with Crippen molar-refractivity contribution < 1.29 is 4.74 Å². The van der Waals surface area contributed by atoms with Gasteiger partial charge < -0.3 is 10.1 Å². The van der Waals surface area contributed by atoms with Crippen LogP contribution in [0, 0.1) is 5.92 Å². The van der Waals surface area contributed by atoms with Crippen LogP contribution in [0.25, 0.3) is 0 Å². The second kappa shape index (κ2) is 6.45. The van der Waals surface area contributed by atoms with Crippen molar-refractivity contribution in [3.8, 4) is 0 Å². The van der Waals surface area contributed by atoms with Gasteiger partial charge in [-0.05, 0) is 12.5 Å². The Morgan fingerprint density at radius 2 is 2.39 bits per heavy atom. The second-order valence-electron chi connectivity index (χ2n) is 4.99. The standard InChI is InChI=1S/C12H22N4OS/c1-4-16-5-6-17-10(8-16)11-14-12(18-15-11)13-7-9(2)3/h9-10H,4-8H2,1-3H3,(H,13,14,15). The lowest BCUT2D eigenvalue weighted by molar-refractivity contribution is -0.0319. The van der Waals surface area contributed by atoms with Gasteiger partial charge >= 0.3 is 0 Å². The minimum Gasteiger partial charge on any atom is -0.367 e. The molecule has 1 N–H and O–H groups in total. The van der Waals surface area contributed by atoms with E-state index in [0.29, 0.717) is 5.92 Å². The summed E-state index contributed by atoms with van der Waals surface area (Å²) >= 11 is 1.42. The SMILES string of the molecule is CCN1CCOC(c2nsc(NCC(C)C)n2)C1. The number of morpholine rings is 1. The first kappa shape index (κ1) is 13.7. The van der Waals surface area contributed by atoms with E-state index in [1.165, 1.54) is 11.5 Å². The molecule has 0 aliphatic carbocycles. The van der Waals surface area contributed by atoms with E-state index < -0.39 is 0 Å². The van der Waals surface area contributed by atoms with Crippen LogP contribution in [0.2, 0.25) is 0 Å². The van der Waals surface area contributed by atoms with Crippen molar-refractivity contribution >= 4 is 16.7 Å². The van der Waals surface area contributed by atoms with E-state index in [-0.39, 0.29) is 6.10 Å². The molecule has 2 rings (SSSR count). The molecule has 1 aromatic rings. The fourth-order valence-corrected chi connectivity index (χ4v) is 2.50. The molecule has 1 atom stereocenters. The predicted octanol–water partition coefficient (Wildman–Crippen LogP) is 2.00. The summed E-state index contributed by atoms with van der Waals surface area (Å²) in [4.78, 5) is 6.89. The Morgan fingerprint density at radius 1 is 1.56 bits per heavy atom. The molecule has 1 aliphatic heterocycles. The molecule has 0 amide bonds. The van der Waals surface area contributed by atoms with Crippen molar-refractivity contribution in [3.63, 3.8) is 0 Å². The van der Waals surface area contributed by atoms with E-state index in [0.717, 1.165) is 43.7 Å². The van der Waals surface area contributed by atoms with Crippen LogP contribution in [-0.2, 0) is 4.74 Å². The van der Waals surface area contributed by atoms with Crippen LogP contribution >= 0.6 is 11.5 Å². The van der Waals surface area contributed by atoms with Crippen molar-refractivity contribution in [3.05, 3.63) is 5.82 Å². The van der Waals surface area contributed by atoms with Crippen LogP contribution in [0.1, 0.15) is 32.7 Å². The van der Waals surface area contributed by atoms with E-state index in [2.05, 4.69) is 40.3 Å². The fraction of sp³-hybridized carbons (Fsp3) is 0.833. The number of hydrogen-bond acceptors (Lipinski definition) is 6. The highest BCUT2D eigenvalue weighted by Gasteiger charge is 2.24. The molecular weight excluding hydrogens is 248 g/mol. The Labute approximate surface area is 113 Å². The zero-order valence-corrected chi connectivity index (χ0v) is 12.2. The zero-order valence-electron chi connectivity index (χ0n) is 11.3. The van der Waals surface area contributed by atoms with Crippen molar-refractivity contribution in [2.75, 3.05) is 38.1 Å². The largest absolute Gasteiger partial charge is 0.367 e. The molecule has 0 radical (unpaired) electrons. The highest BCUT2D eigenvalue weighted by Crippen LogP contribution is 2.23. The summed E-state index contributed by atoms with van der Waals surface area (Å²) in [7, 11) is 0. The van der Waals surface area contributed by atoms with Crippen molar-refractivity contribution in [1.82, 2.24) is 14.3 Å². The van der Waals surface area contributed by atoms with Gasteiger partial charge in [-0.3, -0.25) is 4.90 Å². The van der Waals surface area contributed by atoms with E-state index >= 15 is 0 Å². The molecular formula is C12H22N4OS. The Bertz CT molecular complexity index is 369. The third-order valence-electron chi connectivity index (χ3n) is 2.99. The average molecular weight is 270 g/mol. The summed E-state index contributed by atoms with van der Waals surface area (Å²) in [5.41, 5.74) is 0. The molecule has 6 heteroatoms. The first-order chi connectivity index (χ1) is 8.69. The summed E-state index contributed by atoms with van der Waals surface area (Å²) < 4.78 is 10.2. The normalized spacial score (nSPS) is 21.4. The third-order valence-corrected chi connectivity index (χ3v) is 3.68. The monoisotopic (exact) mass is 270 g/mol. The van der Waals surface area contributed by atoms with Gasteiger partial charge in [0.15, 0.2) is 5.82 Å². The summed E-state index contributed by atoms with van der Waals surface area (Å²) in [6.45, 7) is 11.2. The van der Waals surface area contributed by atoms with Crippen LogP contribution < -0.4 is 5.32 Å². The van der Waals surface area contributed by atoms with Crippen LogP contribution in [0.5, 0.6) is 0 Å². The molecule has 2 heterocycles. The minimum atomic E-state index is 0.0320. The molecule has 1 fully saturated rings. The Morgan fingerprint density at radius 3 is 3.11 bits per heavy atom. The third kappa shape index (κ3) is 3.63. The lowest BCUT2D eigenvalue weighted by atomic mass is 10.2. The predicted molar refractivity (Wildman–Crippen MR) is 74.0 cm³/mol.